The van der Waals surface area contributed by atoms with Crippen molar-refractivity contribution in [3.05, 3.63) is 33.4 Å². The zero-order valence-electron chi connectivity index (χ0n) is 9.16. The van der Waals surface area contributed by atoms with Crippen LogP contribution in [0.4, 0.5) is 0 Å². The second-order valence-electron chi connectivity index (χ2n) is 3.67. The van der Waals surface area contributed by atoms with Gasteiger partial charge in [-0.25, -0.2) is 0 Å². The second-order valence-corrected chi connectivity index (χ2v) is 4.91. The van der Waals surface area contributed by atoms with Gasteiger partial charge in [0.1, 0.15) is 5.41 Å². The Labute approximate surface area is 109 Å². The van der Waals surface area contributed by atoms with Crippen molar-refractivity contribution in [1.82, 2.24) is 0 Å². The summed E-state index contributed by atoms with van der Waals surface area (Å²) in [6.45, 7) is 1.73. The van der Waals surface area contributed by atoms with Crippen LogP contribution < -0.4 is 0 Å². The molecule has 1 unspecified atom stereocenters. The van der Waals surface area contributed by atoms with Crippen LogP contribution in [-0.2, 0) is 14.9 Å². The van der Waals surface area contributed by atoms with Gasteiger partial charge in [0.05, 0.1) is 19.6 Å². The van der Waals surface area contributed by atoms with Crippen LogP contribution in [0, 0.1) is 14.9 Å². The van der Waals surface area contributed by atoms with Crippen LogP contribution in [0.5, 0.6) is 0 Å². The topological polar surface area (TPSA) is 50.1 Å². The number of methoxy groups -OCH3 is 1. The minimum atomic E-state index is -0.884. The molecule has 84 valence electrons. The molecule has 1 rings (SSSR count). The predicted octanol–water partition coefficient (Wildman–Crippen LogP) is 2.64. The van der Waals surface area contributed by atoms with E-state index in [4.69, 9.17) is 10.00 Å². The van der Waals surface area contributed by atoms with Gasteiger partial charge in [0, 0.05) is 3.57 Å². The maximum absolute atomic E-state index is 11.8. The normalized spacial score (nSPS) is 13.6. The molecular weight excluding hydrogens is 317 g/mol. The zero-order chi connectivity index (χ0) is 12.2. The van der Waals surface area contributed by atoms with Crippen LogP contribution in [0.3, 0.4) is 0 Å². The molecule has 4 heteroatoms. The van der Waals surface area contributed by atoms with Gasteiger partial charge < -0.3 is 4.74 Å². The van der Waals surface area contributed by atoms with Crippen molar-refractivity contribution in [3.8, 4) is 6.07 Å². The van der Waals surface area contributed by atoms with Gasteiger partial charge in [-0.05, 0) is 47.2 Å². The number of hydrogen-bond donors (Lipinski definition) is 0. The van der Waals surface area contributed by atoms with Gasteiger partial charge >= 0.3 is 5.97 Å². The van der Waals surface area contributed by atoms with Crippen LogP contribution in [0.1, 0.15) is 18.9 Å². The Morgan fingerprint density at radius 1 is 1.62 bits per heavy atom. The van der Waals surface area contributed by atoms with E-state index in [1.165, 1.54) is 7.11 Å². The van der Waals surface area contributed by atoms with E-state index in [0.717, 1.165) is 9.13 Å². The molecule has 1 aromatic rings. The van der Waals surface area contributed by atoms with Crippen LogP contribution in [0.15, 0.2) is 24.3 Å². The second kappa shape index (κ2) is 5.30. The van der Waals surface area contributed by atoms with Crippen molar-refractivity contribution in [2.75, 3.05) is 7.11 Å². The number of hydrogen-bond acceptors (Lipinski definition) is 3. The van der Waals surface area contributed by atoms with Crippen molar-refractivity contribution < 1.29 is 9.53 Å². The Bertz CT molecular complexity index is 439. The molecular formula is C12H12INO2. The third kappa shape index (κ3) is 2.53. The van der Waals surface area contributed by atoms with Crippen molar-refractivity contribution in [1.29, 1.82) is 5.26 Å². The Morgan fingerprint density at radius 2 is 2.31 bits per heavy atom. The van der Waals surface area contributed by atoms with Crippen molar-refractivity contribution in [2.45, 2.75) is 18.8 Å². The molecule has 0 amide bonds. The highest BCUT2D eigenvalue weighted by Gasteiger charge is 2.36. The number of halogens is 1. The number of carbonyl (C=O) groups is 1. The average molecular weight is 329 g/mol. The molecule has 0 bridgehead atoms. The monoisotopic (exact) mass is 329 g/mol. The van der Waals surface area contributed by atoms with Crippen LogP contribution in [0.2, 0.25) is 0 Å². The maximum Gasteiger partial charge on any atom is 0.317 e. The largest absolute Gasteiger partial charge is 0.468 e. The van der Waals surface area contributed by atoms with Gasteiger partial charge in [-0.2, -0.15) is 5.26 Å². The molecule has 3 nitrogen and oxygen atoms in total. The first-order chi connectivity index (χ1) is 7.54. The Kier molecular flexibility index (Phi) is 4.30. The average Bonchev–Trinajstić information content (AvgIpc) is 2.28. The predicted molar refractivity (Wildman–Crippen MR) is 68.8 cm³/mol. The summed E-state index contributed by atoms with van der Waals surface area (Å²) in [5.74, 6) is -0.379. The molecule has 16 heavy (non-hydrogen) atoms. The van der Waals surface area contributed by atoms with E-state index in [9.17, 15) is 4.79 Å². The highest BCUT2D eigenvalue weighted by molar-refractivity contribution is 14.1. The van der Waals surface area contributed by atoms with E-state index in [1.54, 1.807) is 6.92 Å². The number of esters is 1. The molecule has 0 saturated carbocycles. The lowest BCUT2D eigenvalue weighted by Crippen LogP contribution is -2.33. The van der Waals surface area contributed by atoms with Gasteiger partial charge in [-0.15, -0.1) is 0 Å². The summed E-state index contributed by atoms with van der Waals surface area (Å²) in [5, 5.41) is 8.82. The van der Waals surface area contributed by atoms with Gasteiger partial charge in [-0.1, -0.05) is 12.1 Å². The Hall–Kier alpha value is -1.09. The highest BCUT2D eigenvalue weighted by Crippen LogP contribution is 2.29. The van der Waals surface area contributed by atoms with Crippen LogP contribution in [0.25, 0.3) is 0 Å². The number of ether oxygens (including phenoxy) is 1. The minimum Gasteiger partial charge on any atom is -0.468 e. The van der Waals surface area contributed by atoms with Gasteiger partial charge in [-0.3, -0.25) is 4.79 Å². The molecule has 0 radical (unpaired) electrons. The van der Waals surface area contributed by atoms with E-state index in [1.807, 2.05) is 30.3 Å². The first-order valence-electron chi connectivity index (χ1n) is 4.76. The van der Waals surface area contributed by atoms with E-state index in [2.05, 4.69) is 22.6 Å². The summed E-state index contributed by atoms with van der Waals surface area (Å²) >= 11 is 2.17. The fraction of sp³-hybridized carbons (Fsp3) is 0.333. The Balaban J connectivity index is 3.22. The number of benzene rings is 1. The van der Waals surface area contributed by atoms with E-state index in [-0.39, 0.29) is 12.4 Å². The lowest BCUT2D eigenvalue weighted by molar-refractivity contribution is -0.146. The number of carbonyl (C=O) groups excluding carboxylic acids is 1. The molecule has 0 aliphatic carbocycles. The lowest BCUT2D eigenvalue weighted by atomic mass is 9.80. The fourth-order valence-corrected chi connectivity index (χ4v) is 2.05. The molecule has 0 N–H and O–H groups in total. The van der Waals surface area contributed by atoms with Crippen molar-refractivity contribution >= 4 is 28.6 Å². The van der Waals surface area contributed by atoms with Gasteiger partial charge in [0.25, 0.3) is 0 Å². The number of nitriles is 1. The molecule has 0 saturated heterocycles. The molecule has 0 fully saturated rings. The lowest BCUT2D eigenvalue weighted by Gasteiger charge is -2.24. The van der Waals surface area contributed by atoms with Crippen LogP contribution >= 0.6 is 22.6 Å². The molecule has 0 aliphatic heterocycles. The number of nitrogens with zero attached hydrogens (tertiary/aromatic N) is 1. The van der Waals surface area contributed by atoms with E-state index < -0.39 is 5.41 Å². The SMILES string of the molecule is COC(=O)C(C)(CC#N)c1cccc(I)c1. The van der Waals surface area contributed by atoms with Gasteiger partial charge in [0.15, 0.2) is 0 Å². The highest BCUT2D eigenvalue weighted by atomic mass is 127. The summed E-state index contributed by atoms with van der Waals surface area (Å²) < 4.78 is 5.80. The molecule has 0 heterocycles. The summed E-state index contributed by atoms with van der Waals surface area (Å²) in [4.78, 5) is 11.8. The third-order valence-corrected chi connectivity index (χ3v) is 3.20. The number of rotatable bonds is 3. The zero-order valence-corrected chi connectivity index (χ0v) is 11.3. The van der Waals surface area contributed by atoms with Gasteiger partial charge in [0.2, 0.25) is 0 Å². The van der Waals surface area contributed by atoms with E-state index >= 15 is 0 Å². The fourth-order valence-electron chi connectivity index (χ4n) is 1.51. The molecule has 0 aromatic heterocycles. The summed E-state index contributed by atoms with van der Waals surface area (Å²) in [6.07, 6.45) is 0.111. The summed E-state index contributed by atoms with van der Waals surface area (Å²) in [6, 6.07) is 9.59. The first kappa shape index (κ1) is 13.0. The van der Waals surface area contributed by atoms with Crippen molar-refractivity contribution in [2.24, 2.45) is 0 Å². The Morgan fingerprint density at radius 3 is 2.81 bits per heavy atom. The maximum atomic E-state index is 11.8. The van der Waals surface area contributed by atoms with Crippen molar-refractivity contribution in [3.63, 3.8) is 0 Å². The van der Waals surface area contributed by atoms with E-state index in [0.29, 0.717) is 0 Å². The smallest absolute Gasteiger partial charge is 0.317 e. The summed E-state index contributed by atoms with van der Waals surface area (Å²) in [7, 11) is 1.34. The molecule has 1 aromatic carbocycles. The first-order valence-corrected chi connectivity index (χ1v) is 5.84. The molecule has 1 atom stereocenters. The standard InChI is InChI=1S/C12H12INO2/c1-12(6-7-14,11(15)16-2)9-4-3-5-10(13)8-9/h3-5,8H,6H2,1-2H3. The minimum absolute atomic E-state index is 0.111. The molecule has 0 spiro atoms. The third-order valence-electron chi connectivity index (χ3n) is 2.53. The summed E-state index contributed by atoms with van der Waals surface area (Å²) in [5.41, 5.74) is -0.0715. The van der Waals surface area contributed by atoms with Crippen LogP contribution in [-0.4, -0.2) is 13.1 Å². The molecule has 0 aliphatic rings. The quantitative estimate of drug-likeness (QED) is 0.633.